The molecule has 1 aromatic carbocycles. The van der Waals surface area contributed by atoms with Crippen molar-refractivity contribution in [2.24, 2.45) is 4.99 Å². The van der Waals surface area contributed by atoms with Crippen LogP contribution in [0.3, 0.4) is 0 Å². The molecule has 3 N–H and O–H groups in total. The number of aromatic nitrogens is 4. The fourth-order valence-corrected chi connectivity index (χ4v) is 3.98. The summed E-state index contributed by atoms with van der Waals surface area (Å²) in [6, 6.07) is 8.36. The monoisotopic (exact) mass is 508 g/mol. The third-order valence-electron chi connectivity index (χ3n) is 5.11. The highest BCUT2D eigenvalue weighted by Crippen LogP contribution is 2.33. The van der Waals surface area contributed by atoms with Gasteiger partial charge in [0.05, 0.1) is 16.7 Å². The number of sulfonamides is 1. The normalized spacial score (nSPS) is 13.2. The lowest BCUT2D eigenvalue weighted by atomic mass is 10.1. The van der Waals surface area contributed by atoms with Crippen molar-refractivity contribution in [3.05, 3.63) is 72.6 Å². The van der Waals surface area contributed by atoms with E-state index < -0.39 is 16.1 Å². The van der Waals surface area contributed by atoms with E-state index in [1.165, 1.54) is 30.8 Å². The number of aromatic hydroxyl groups is 1. The Bertz CT molecular complexity index is 1550. The number of aliphatic imine (C=N–C) groups is 1. The maximum absolute atomic E-state index is 12.3. The van der Waals surface area contributed by atoms with Gasteiger partial charge in [0, 0.05) is 30.7 Å². The van der Waals surface area contributed by atoms with Crippen LogP contribution >= 0.6 is 0 Å². The summed E-state index contributed by atoms with van der Waals surface area (Å²) in [5, 5.41) is 19.5. The van der Waals surface area contributed by atoms with Crippen molar-refractivity contribution in [1.82, 2.24) is 24.1 Å². The van der Waals surface area contributed by atoms with E-state index in [-0.39, 0.29) is 23.1 Å². The number of allylic oxidation sites excluding steroid dienone is 1. The first kappa shape index (κ1) is 25.0. The Morgan fingerprint density at radius 3 is 2.94 bits per heavy atom. The van der Waals surface area contributed by atoms with Gasteiger partial charge < -0.3 is 14.6 Å². The Balaban J connectivity index is 1.54. The van der Waals surface area contributed by atoms with E-state index in [1.54, 1.807) is 41.8 Å². The second kappa shape index (κ2) is 10.6. The van der Waals surface area contributed by atoms with Gasteiger partial charge in [-0.3, -0.25) is 4.40 Å². The molecule has 0 aliphatic rings. The smallest absolute Gasteiger partial charge is 0.306 e. The highest BCUT2D eigenvalue weighted by atomic mass is 32.2. The molecule has 3 aromatic heterocycles. The minimum Gasteiger partial charge on any atom is -0.508 e. The van der Waals surface area contributed by atoms with Gasteiger partial charge in [-0.05, 0) is 30.7 Å². The van der Waals surface area contributed by atoms with Gasteiger partial charge in [-0.1, -0.05) is 31.7 Å². The second-order valence-electron chi connectivity index (χ2n) is 7.62. The third-order valence-corrected chi connectivity index (χ3v) is 6.48. The van der Waals surface area contributed by atoms with Crippen LogP contribution < -0.4 is 4.72 Å². The van der Waals surface area contributed by atoms with Crippen molar-refractivity contribution in [2.75, 3.05) is 6.54 Å². The highest BCUT2D eigenvalue weighted by molar-refractivity contribution is 7.93. The molecule has 4 aromatic rings. The van der Waals surface area contributed by atoms with Crippen molar-refractivity contribution in [3.8, 4) is 28.4 Å². The Labute approximate surface area is 207 Å². The van der Waals surface area contributed by atoms with Crippen molar-refractivity contribution in [3.63, 3.8) is 0 Å². The summed E-state index contributed by atoms with van der Waals surface area (Å²) < 4.78 is 34.1. The number of fused-ring (bicyclic) bond motifs is 1. The SMILES string of the molecule is C=C(/C=C\C(O)CC)S(=O)(=O)NC/C=N/c1nccc(-c2c(-c3cccc(O)c3)nc3occn23)n1. The van der Waals surface area contributed by atoms with E-state index in [0.29, 0.717) is 34.9 Å². The molecule has 0 aliphatic heterocycles. The fraction of sp³-hybridized carbons (Fsp3) is 0.167. The Hall–Kier alpha value is -4.13. The minimum absolute atomic E-state index is 0.0956. The average molecular weight is 509 g/mol. The number of hydrogen-bond donors (Lipinski definition) is 3. The maximum Gasteiger partial charge on any atom is 0.306 e. The molecule has 0 saturated heterocycles. The molecule has 0 radical (unpaired) electrons. The highest BCUT2D eigenvalue weighted by Gasteiger charge is 2.19. The Kier molecular flexibility index (Phi) is 7.38. The van der Waals surface area contributed by atoms with E-state index >= 15 is 0 Å². The molecule has 0 aliphatic carbocycles. The average Bonchev–Trinajstić information content (AvgIpc) is 3.46. The van der Waals surface area contributed by atoms with Crippen LogP contribution in [0.25, 0.3) is 28.5 Å². The largest absolute Gasteiger partial charge is 0.508 e. The van der Waals surface area contributed by atoms with E-state index in [4.69, 9.17) is 4.42 Å². The molecule has 11 nitrogen and oxygen atoms in total. The zero-order chi connectivity index (χ0) is 25.7. The number of aliphatic hydroxyl groups excluding tert-OH is 1. The summed E-state index contributed by atoms with van der Waals surface area (Å²) in [4.78, 5) is 17.1. The predicted molar refractivity (Wildman–Crippen MR) is 135 cm³/mol. The van der Waals surface area contributed by atoms with Crippen LogP contribution in [0.4, 0.5) is 5.95 Å². The van der Waals surface area contributed by atoms with Gasteiger partial charge in [-0.15, -0.1) is 0 Å². The van der Waals surface area contributed by atoms with Crippen LogP contribution in [0.1, 0.15) is 13.3 Å². The third kappa shape index (κ3) is 5.57. The van der Waals surface area contributed by atoms with Crippen LogP contribution in [-0.4, -0.2) is 56.8 Å². The number of nitrogens with one attached hydrogen (secondary N) is 1. The zero-order valence-corrected chi connectivity index (χ0v) is 20.1. The molecule has 36 heavy (non-hydrogen) atoms. The fourth-order valence-electron chi connectivity index (χ4n) is 3.24. The van der Waals surface area contributed by atoms with Crippen molar-refractivity contribution < 1.29 is 23.0 Å². The lowest BCUT2D eigenvalue weighted by Crippen LogP contribution is -2.26. The Morgan fingerprint density at radius 2 is 2.17 bits per heavy atom. The standard InChI is InChI=1S/C24H24N6O5S/c1-3-18(31)8-7-16(2)36(33,34)27-12-11-26-23-25-10-9-20(28-23)22-21(17-5-4-6-19(32)15-17)29-24-30(22)13-14-35-24/h4-11,13-15,18,27,31-32H,2-3,12H2,1H3/b8-7-,26-11+. The molecule has 4 rings (SSSR count). The van der Waals surface area contributed by atoms with E-state index in [1.807, 2.05) is 6.07 Å². The van der Waals surface area contributed by atoms with Crippen LogP contribution in [0.15, 0.2) is 82.0 Å². The lowest BCUT2D eigenvalue weighted by molar-refractivity contribution is 0.219. The first-order valence-electron chi connectivity index (χ1n) is 10.9. The number of benzene rings is 1. The number of phenols is 1. The van der Waals surface area contributed by atoms with Gasteiger partial charge in [0.2, 0.25) is 16.0 Å². The molecule has 0 saturated carbocycles. The molecular weight excluding hydrogens is 484 g/mol. The molecule has 186 valence electrons. The van der Waals surface area contributed by atoms with Crippen molar-refractivity contribution in [1.29, 1.82) is 0 Å². The number of hydrogen-bond acceptors (Lipinski definition) is 9. The van der Waals surface area contributed by atoms with Gasteiger partial charge in [-0.25, -0.2) is 28.1 Å². The first-order chi connectivity index (χ1) is 17.3. The van der Waals surface area contributed by atoms with Crippen LogP contribution in [0.2, 0.25) is 0 Å². The summed E-state index contributed by atoms with van der Waals surface area (Å²) in [6.45, 7) is 5.17. The van der Waals surface area contributed by atoms with E-state index in [0.717, 1.165) is 0 Å². The van der Waals surface area contributed by atoms with Crippen LogP contribution in [0, 0.1) is 0 Å². The minimum atomic E-state index is -3.84. The van der Waals surface area contributed by atoms with Gasteiger partial charge in [0.15, 0.2) is 0 Å². The molecule has 1 atom stereocenters. The lowest BCUT2D eigenvalue weighted by Gasteiger charge is -2.05. The summed E-state index contributed by atoms with van der Waals surface area (Å²) in [6.07, 6.45) is 8.39. The van der Waals surface area contributed by atoms with Gasteiger partial charge in [-0.2, -0.15) is 4.98 Å². The zero-order valence-electron chi connectivity index (χ0n) is 19.3. The molecule has 1 unspecified atom stereocenters. The van der Waals surface area contributed by atoms with E-state index in [9.17, 15) is 18.6 Å². The molecule has 0 amide bonds. The predicted octanol–water partition coefficient (Wildman–Crippen LogP) is 3.22. The topological polar surface area (TPSA) is 155 Å². The summed E-state index contributed by atoms with van der Waals surface area (Å²) in [5.41, 5.74) is 2.33. The van der Waals surface area contributed by atoms with Gasteiger partial charge in [0.1, 0.15) is 23.4 Å². The number of aliphatic hydroxyl groups is 1. The number of rotatable bonds is 10. The number of phenolic OH excluding ortho intramolecular Hbond substituents is 1. The second-order valence-corrected chi connectivity index (χ2v) is 9.44. The van der Waals surface area contributed by atoms with Gasteiger partial charge >= 0.3 is 5.84 Å². The van der Waals surface area contributed by atoms with Crippen molar-refractivity contribution >= 4 is 28.0 Å². The summed E-state index contributed by atoms with van der Waals surface area (Å²) in [5.74, 6) is 0.553. The van der Waals surface area contributed by atoms with Crippen molar-refractivity contribution in [2.45, 2.75) is 19.4 Å². The number of imidazole rings is 1. The number of oxazole rings is 1. The first-order valence-corrected chi connectivity index (χ1v) is 12.4. The quantitative estimate of drug-likeness (QED) is 0.218. The molecule has 0 spiro atoms. The maximum atomic E-state index is 12.3. The molecule has 12 heteroatoms. The Morgan fingerprint density at radius 1 is 1.33 bits per heavy atom. The molecule has 3 heterocycles. The van der Waals surface area contributed by atoms with Crippen LogP contribution in [-0.2, 0) is 10.0 Å². The van der Waals surface area contributed by atoms with Crippen LogP contribution in [0.5, 0.6) is 5.75 Å². The number of nitrogens with zero attached hydrogens (tertiary/aromatic N) is 5. The van der Waals surface area contributed by atoms with Gasteiger partial charge in [0.25, 0.3) is 0 Å². The summed E-state index contributed by atoms with van der Waals surface area (Å²) >= 11 is 0. The molecular formula is C24H24N6O5S. The molecule has 0 bridgehead atoms. The summed E-state index contributed by atoms with van der Waals surface area (Å²) in [7, 11) is -3.84. The molecule has 0 fully saturated rings. The van der Waals surface area contributed by atoms with E-state index in [2.05, 4.69) is 31.2 Å².